The van der Waals surface area contributed by atoms with Crippen molar-refractivity contribution in [1.29, 1.82) is 0 Å². The zero-order valence-electron chi connectivity index (χ0n) is 16.0. The molecule has 3 aromatic rings. The highest BCUT2D eigenvalue weighted by molar-refractivity contribution is 7.99. The van der Waals surface area contributed by atoms with E-state index in [1.807, 2.05) is 13.8 Å². The number of hydrogen-bond acceptors (Lipinski definition) is 5. The van der Waals surface area contributed by atoms with Crippen LogP contribution in [0.5, 0.6) is 5.75 Å². The molecule has 0 aliphatic carbocycles. The Balaban J connectivity index is 1.86. The van der Waals surface area contributed by atoms with E-state index in [2.05, 4.69) is 10.3 Å². The summed E-state index contributed by atoms with van der Waals surface area (Å²) >= 11 is 13.2. The first-order chi connectivity index (χ1) is 13.8. The number of carbonyl (C=O) groups is 1. The van der Waals surface area contributed by atoms with Crippen molar-refractivity contribution in [2.24, 2.45) is 0 Å². The van der Waals surface area contributed by atoms with Crippen molar-refractivity contribution >= 4 is 57.5 Å². The molecule has 0 radical (unpaired) electrons. The van der Waals surface area contributed by atoms with Gasteiger partial charge in [0.25, 0.3) is 5.56 Å². The number of nitrogens with one attached hydrogen (secondary N) is 1. The fourth-order valence-electron chi connectivity index (χ4n) is 2.80. The fourth-order valence-corrected chi connectivity index (χ4v) is 4.07. The van der Waals surface area contributed by atoms with E-state index in [0.29, 0.717) is 37.5 Å². The Kier molecular flexibility index (Phi) is 6.72. The predicted molar refractivity (Wildman–Crippen MR) is 119 cm³/mol. The number of nitrogens with zero attached hydrogens (tertiary/aromatic N) is 2. The molecule has 6 nitrogen and oxygen atoms in total. The molecule has 0 atom stereocenters. The third kappa shape index (κ3) is 4.86. The van der Waals surface area contributed by atoms with Crippen LogP contribution in [0, 0.1) is 0 Å². The summed E-state index contributed by atoms with van der Waals surface area (Å²) in [4.78, 5) is 29.9. The van der Waals surface area contributed by atoms with Crippen LogP contribution >= 0.6 is 35.0 Å². The predicted octanol–water partition coefficient (Wildman–Crippen LogP) is 5.02. The Bertz CT molecular complexity index is 1130. The molecule has 1 N–H and O–H groups in total. The van der Waals surface area contributed by atoms with E-state index in [0.717, 1.165) is 0 Å². The number of anilines is 1. The van der Waals surface area contributed by atoms with Crippen LogP contribution in [0.4, 0.5) is 5.69 Å². The average molecular weight is 452 g/mol. The summed E-state index contributed by atoms with van der Waals surface area (Å²) in [5.41, 5.74) is 0.810. The van der Waals surface area contributed by atoms with Gasteiger partial charge in [-0.25, -0.2) is 4.98 Å². The molecule has 9 heteroatoms. The minimum atomic E-state index is -0.272. The third-order valence-corrected chi connectivity index (χ3v) is 5.54. The zero-order chi connectivity index (χ0) is 21.1. The number of ether oxygens (including phenoxy) is 1. The van der Waals surface area contributed by atoms with Crippen molar-refractivity contribution in [3.05, 3.63) is 56.8 Å². The normalized spacial score (nSPS) is 11.1. The molecule has 1 aromatic heterocycles. The maximum Gasteiger partial charge on any atom is 0.262 e. The highest BCUT2D eigenvalue weighted by atomic mass is 35.5. The van der Waals surface area contributed by atoms with Gasteiger partial charge in [0.05, 0.1) is 29.5 Å². The van der Waals surface area contributed by atoms with Gasteiger partial charge in [-0.2, -0.15) is 0 Å². The van der Waals surface area contributed by atoms with E-state index in [9.17, 15) is 9.59 Å². The van der Waals surface area contributed by atoms with Crippen molar-refractivity contribution in [3.8, 4) is 5.75 Å². The minimum absolute atomic E-state index is 0.0564. The summed E-state index contributed by atoms with van der Waals surface area (Å²) in [6, 6.07) is 9.82. The van der Waals surface area contributed by atoms with E-state index in [4.69, 9.17) is 27.9 Å². The van der Waals surface area contributed by atoms with Crippen molar-refractivity contribution in [2.75, 3.05) is 18.2 Å². The van der Waals surface area contributed by atoms with Gasteiger partial charge in [-0.15, -0.1) is 0 Å². The van der Waals surface area contributed by atoms with Gasteiger partial charge in [-0.1, -0.05) is 35.0 Å². The van der Waals surface area contributed by atoms with Crippen LogP contribution in [0.15, 0.2) is 46.3 Å². The molecule has 0 spiro atoms. The second-order valence-electron chi connectivity index (χ2n) is 6.51. The van der Waals surface area contributed by atoms with Crippen LogP contribution in [0.1, 0.15) is 19.9 Å². The van der Waals surface area contributed by atoms with Crippen LogP contribution in [0.25, 0.3) is 10.9 Å². The summed E-state index contributed by atoms with van der Waals surface area (Å²) in [6.45, 7) is 3.79. The summed E-state index contributed by atoms with van der Waals surface area (Å²) in [6.07, 6.45) is 0. The number of fused-ring (bicyclic) bond motifs is 1. The molecule has 0 fully saturated rings. The average Bonchev–Trinajstić information content (AvgIpc) is 2.66. The maximum atomic E-state index is 12.9. The molecule has 0 saturated heterocycles. The number of carbonyl (C=O) groups excluding carboxylic acids is 1. The number of hydrogen-bond donors (Lipinski definition) is 1. The molecule has 0 aliphatic heterocycles. The first kappa shape index (κ1) is 21.5. The quantitative estimate of drug-likeness (QED) is 0.420. The van der Waals surface area contributed by atoms with Gasteiger partial charge in [-0.3, -0.25) is 14.2 Å². The Labute approximate surface area is 182 Å². The molecule has 0 saturated carbocycles. The Morgan fingerprint density at radius 1 is 1.21 bits per heavy atom. The molecule has 0 bridgehead atoms. The number of thioether (sulfide) groups is 1. The lowest BCUT2D eigenvalue weighted by Gasteiger charge is -2.16. The van der Waals surface area contributed by atoms with Crippen LogP contribution in [-0.2, 0) is 4.79 Å². The van der Waals surface area contributed by atoms with Crippen molar-refractivity contribution in [1.82, 2.24) is 9.55 Å². The standard InChI is InChI=1S/C20H19Cl2N3O3S/c1-11(2)25-19(27)14-6-4-12(21)8-15(14)24-20(25)29-10-18(26)23-16-9-13(22)5-7-17(16)28-3/h4-9,11H,10H2,1-3H3,(H,23,26). The fraction of sp³-hybridized carbons (Fsp3) is 0.250. The summed E-state index contributed by atoms with van der Waals surface area (Å²) in [5, 5.41) is 4.69. The van der Waals surface area contributed by atoms with Crippen LogP contribution in [0.3, 0.4) is 0 Å². The minimum Gasteiger partial charge on any atom is -0.495 e. The largest absolute Gasteiger partial charge is 0.495 e. The second kappa shape index (κ2) is 9.07. The Morgan fingerprint density at radius 3 is 2.59 bits per heavy atom. The number of benzene rings is 2. The number of methoxy groups -OCH3 is 1. The first-order valence-corrected chi connectivity index (χ1v) is 10.5. The summed E-state index contributed by atoms with van der Waals surface area (Å²) in [5.74, 6) is 0.289. The van der Waals surface area contributed by atoms with Gasteiger partial charge in [0.15, 0.2) is 5.16 Å². The number of aromatic nitrogens is 2. The molecule has 1 heterocycles. The Hall–Kier alpha value is -2.22. The highest BCUT2D eigenvalue weighted by Crippen LogP contribution is 2.28. The van der Waals surface area contributed by atoms with Crippen molar-refractivity contribution < 1.29 is 9.53 Å². The van der Waals surface area contributed by atoms with Crippen LogP contribution in [0.2, 0.25) is 10.0 Å². The SMILES string of the molecule is COc1ccc(Cl)cc1NC(=O)CSc1nc2cc(Cl)ccc2c(=O)n1C(C)C. The maximum absolute atomic E-state index is 12.9. The monoisotopic (exact) mass is 451 g/mol. The van der Waals surface area contributed by atoms with Crippen LogP contribution < -0.4 is 15.6 Å². The van der Waals surface area contributed by atoms with Crippen LogP contribution in [-0.4, -0.2) is 28.3 Å². The number of rotatable bonds is 6. The van der Waals surface area contributed by atoms with E-state index in [-0.39, 0.29) is 23.3 Å². The molecular weight excluding hydrogens is 433 g/mol. The lowest BCUT2D eigenvalue weighted by molar-refractivity contribution is -0.113. The summed E-state index contributed by atoms with van der Waals surface area (Å²) in [7, 11) is 1.51. The zero-order valence-corrected chi connectivity index (χ0v) is 18.4. The summed E-state index contributed by atoms with van der Waals surface area (Å²) < 4.78 is 6.82. The van der Waals surface area contributed by atoms with E-state index < -0.39 is 0 Å². The van der Waals surface area contributed by atoms with Gasteiger partial charge in [0, 0.05) is 16.1 Å². The highest BCUT2D eigenvalue weighted by Gasteiger charge is 2.16. The first-order valence-electron chi connectivity index (χ1n) is 8.78. The molecular formula is C20H19Cl2N3O3S. The van der Waals surface area contributed by atoms with Gasteiger partial charge in [-0.05, 0) is 50.2 Å². The molecule has 152 valence electrons. The second-order valence-corrected chi connectivity index (χ2v) is 8.32. The smallest absolute Gasteiger partial charge is 0.262 e. The topological polar surface area (TPSA) is 73.2 Å². The Morgan fingerprint density at radius 2 is 1.90 bits per heavy atom. The molecule has 0 unspecified atom stereocenters. The van der Waals surface area contributed by atoms with Crippen molar-refractivity contribution in [2.45, 2.75) is 25.0 Å². The van der Waals surface area contributed by atoms with Crippen molar-refractivity contribution in [3.63, 3.8) is 0 Å². The third-order valence-electron chi connectivity index (χ3n) is 4.12. The van der Waals surface area contributed by atoms with E-state index in [1.165, 1.54) is 18.9 Å². The van der Waals surface area contributed by atoms with E-state index >= 15 is 0 Å². The van der Waals surface area contributed by atoms with Gasteiger partial charge in [0.2, 0.25) is 5.91 Å². The van der Waals surface area contributed by atoms with Gasteiger partial charge in [0.1, 0.15) is 5.75 Å². The molecule has 2 aromatic carbocycles. The lowest BCUT2D eigenvalue weighted by Crippen LogP contribution is -2.25. The van der Waals surface area contributed by atoms with Gasteiger partial charge >= 0.3 is 0 Å². The molecule has 0 aliphatic rings. The molecule has 29 heavy (non-hydrogen) atoms. The lowest BCUT2D eigenvalue weighted by atomic mass is 10.2. The van der Waals surface area contributed by atoms with Gasteiger partial charge < -0.3 is 10.1 Å². The molecule has 3 rings (SSSR count). The molecule has 1 amide bonds. The number of halogens is 2. The number of amides is 1. The van der Waals surface area contributed by atoms with E-state index in [1.54, 1.807) is 41.0 Å².